The summed E-state index contributed by atoms with van der Waals surface area (Å²) in [6, 6.07) is 7.66. The average Bonchev–Trinajstić information content (AvgIpc) is 2.26. The van der Waals surface area contributed by atoms with Crippen LogP contribution in [0, 0.1) is 24.4 Å². The third-order valence-electron chi connectivity index (χ3n) is 2.65. The Morgan fingerprint density at radius 3 is 2.17 bits per heavy atom. The summed E-state index contributed by atoms with van der Waals surface area (Å²) >= 11 is 0. The monoisotopic (exact) mass is 251 g/mol. The van der Waals surface area contributed by atoms with Gasteiger partial charge in [-0.15, -0.1) is 0 Å². The molecule has 0 aliphatic carbocycles. The fraction of sp³-hybridized carbons (Fsp3) is 0.143. The van der Waals surface area contributed by atoms with E-state index in [4.69, 9.17) is 0 Å². The number of hydrogen-bond acceptors (Lipinski definition) is 1. The Labute approximate surface area is 103 Å². The second-order valence-electron chi connectivity index (χ2n) is 4.08. The van der Waals surface area contributed by atoms with Crippen LogP contribution in [0.2, 0.25) is 0 Å². The van der Waals surface area contributed by atoms with Crippen molar-refractivity contribution in [2.24, 2.45) is 0 Å². The minimum atomic E-state index is -0.631. The minimum absolute atomic E-state index is 0.298. The predicted octanol–water partition coefficient (Wildman–Crippen LogP) is 4.02. The zero-order valence-corrected chi connectivity index (χ0v) is 9.81. The highest BCUT2D eigenvalue weighted by Gasteiger charge is 2.03. The van der Waals surface area contributed by atoms with E-state index in [1.807, 2.05) is 0 Å². The summed E-state index contributed by atoms with van der Waals surface area (Å²) in [5, 5.41) is 2.90. The van der Waals surface area contributed by atoms with Gasteiger partial charge in [0.25, 0.3) is 0 Å². The summed E-state index contributed by atoms with van der Waals surface area (Å²) in [4.78, 5) is 0. The van der Waals surface area contributed by atoms with E-state index < -0.39 is 11.6 Å². The highest BCUT2D eigenvalue weighted by atomic mass is 19.1. The Bertz CT molecular complexity index is 547. The molecular weight excluding hydrogens is 239 g/mol. The summed E-state index contributed by atoms with van der Waals surface area (Å²) in [5.74, 6) is -1.56. The molecule has 0 aliphatic heterocycles. The molecule has 0 spiro atoms. The molecule has 94 valence electrons. The molecule has 0 unspecified atom stereocenters. The van der Waals surface area contributed by atoms with E-state index in [9.17, 15) is 13.2 Å². The first kappa shape index (κ1) is 12.5. The molecule has 0 atom stereocenters. The quantitative estimate of drug-likeness (QED) is 0.868. The van der Waals surface area contributed by atoms with E-state index in [2.05, 4.69) is 5.32 Å². The Morgan fingerprint density at radius 1 is 0.889 bits per heavy atom. The zero-order valence-electron chi connectivity index (χ0n) is 9.81. The Kier molecular flexibility index (Phi) is 3.55. The van der Waals surface area contributed by atoms with Crippen molar-refractivity contribution >= 4 is 5.69 Å². The number of halogens is 3. The number of aryl methyl sites for hydroxylation is 1. The van der Waals surface area contributed by atoms with Crippen LogP contribution in [0.5, 0.6) is 0 Å². The molecule has 18 heavy (non-hydrogen) atoms. The van der Waals surface area contributed by atoms with Gasteiger partial charge in [-0.05, 0) is 42.3 Å². The molecule has 4 heteroatoms. The molecule has 0 radical (unpaired) electrons. The third kappa shape index (κ3) is 3.03. The fourth-order valence-corrected chi connectivity index (χ4v) is 1.71. The smallest absolute Gasteiger partial charge is 0.128 e. The molecule has 0 bridgehead atoms. The van der Waals surface area contributed by atoms with E-state index in [1.165, 1.54) is 24.3 Å². The van der Waals surface area contributed by atoms with Crippen molar-refractivity contribution in [3.8, 4) is 0 Å². The van der Waals surface area contributed by atoms with Crippen LogP contribution in [-0.2, 0) is 6.54 Å². The van der Waals surface area contributed by atoms with E-state index >= 15 is 0 Å². The third-order valence-corrected chi connectivity index (χ3v) is 2.65. The molecule has 2 aromatic rings. The first-order valence-corrected chi connectivity index (χ1v) is 5.49. The lowest BCUT2D eigenvalue weighted by atomic mass is 10.1. The van der Waals surface area contributed by atoms with Crippen LogP contribution in [0.1, 0.15) is 11.1 Å². The second-order valence-corrected chi connectivity index (χ2v) is 4.08. The van der Waals surface area contributed by atoms with Crippen molar-refractivity contribution in [1.29, 1.82) is 0 Å². The van der Waals surface area contributed by atoms with Crippen LogP contribution in [-0.4, -0.2) is 0 Å². The summed E-state index contributed by atoms with van der Waals surface area (Å²) in [5.41, 5.74) is 2.02. The summed E-state index contributed by atoms with van der Waals surface area (Å²) < 4.78 is 38.8. The maximum atomic E-state index is 13.0. The molecule has 2 aromatic carbocycles. The molecule has 0 aromatic heterocycles. The van der Waals surface area contributed by atoms with Gasteiger partial charge in [0, 0.05) is 18.3 Å². The Morgan fingerprint density at radius 2 is 1.56 bits per heavy atom. The van der Waals surface area contributed by atoms with Crippen LogP contribution < -0.4 is 5.32 Å². The largest absolute Gasteiger partial charge is 0.381 e. The van der Waals surface area contributed by atoms with Crippen LogP contribution in [0.3, 0.4) is 0 Å². The SMILES string of the molecule is Cc1cc(F)ccc1CNc1cc(F)cc(F)c1. The molecule has 0 amide bonds. The number of nitrogens with one attached hydrogen (secondary N) is 1. The van der Waals surface area contributed by atoms with Crippen molar-refractivity contribution in [2.75, 3.05) is 5.32 Å². The van der Waals surface area contributed by atoms with E-state index in [0.717, 1.165) is 17.2 Å². The first-order chi connectivity index (χ1) is 8.54. The second kappa shape index (κ2) is 5.12. The molecule has 2 rings (SSSR count). The fourth-order valence-electron chi connectivity index (χ4n) is 1.71. The summed E-state index contributed by atoms with van der Waals surface area (Å²) in [7, 11) is 0. The molecule has 0 saturated carbocycles. The Hall–Kier alpha value is -1.97. The van der Waals surface area contributed by atoms with Gasteiger partial charge >= 0.3 is 0 Å². The number of rotatable bonds is 3. The molecule has 0 fully saturated rings. The summed E-state index contributed by atoms with van der Waals surface area (Å²) in [6.45, 7) is 2.17. The molecule has 0 saturated heterocycles. The van der Waals surface area contributed by atoms with E-state index in [0.29, 0.717) is 12.2 Å². The van der Waals surface area contributed by atoms with Crippen LogP contribution in [0.15, 0.2) is 36.4 Å². The zero-order chi connectivity index (χ0) is 13.1. The number of hydrogen-bond donors (Lipinski definition) is 1. The number of benzene rings is 2. The number of anilines is 1. The van der Waals surface area contributed by atoms with Crippen molar-refractivity contribution in [2.45, 2.75) is 13.5 Å². The van der Waals surface area contributed by atoms with Crippen molar-refractivity contribution < 1.29 is 13.2 Å². The van der Waals surface area contributed by atoms with Crippen molar-refractivity contribution in [3.05, 3.63) is 65.0 Å². The maximum Gasteiger partial charge on any atom is 0.128 e. The standard InChI is InChI=1S/C14H12F3N/c1-9-4-11(15)3-2-10(9)8-18-14-6-12(16)5-13(17)7-14/h2-7,18H,8H2,1H3. The first-order valence-electron chi connectivity index (χ1n) is 5.49. The molecule has 1 N–H and O–H groups in total. The maximum absolute atomic E-state index is 13.0. The van der Waals surface area contributed by atoms with Crippen LogP contribution >= 0.6 is 0 Å². The minimum Gasteiger partial charge on any atom is -0.381 e. The van der Waals surface area contributed by atoms with Crippen LogP contribution in [0.4, 0.5) is 18.9 Å². The molecule has 0 heterocycles. The van der Waals surface area contributed by atoms with Gasteiger partial charge in [-0.1, -0.05) is 6.07 Å². The highest BCUT2D eigenvalue weighted by molar-refractivity contribution is 5.44. The lowest BCUT2D eigenvalue weighted by molar-refractivity contribution is 0.584. The van der Waals surface area contributed by atoms with Crippen molar-refractivity contribution in [3.63, 3.8) is 0 Å². The normalized spacial score (nSPS) is 10.4. The van der Waals surface area contributed by atoms with Gasteiger partial charge in [-0.25, -0.2) is 13.2 Å². The van der Waals surface area contributed by atoms with Gasteiger partial charge in [-0.3, -0.25) is 0 Å². The highest BCUT2D eigenvalue weighted by Crippen LogP contribution is 2.16. The van der Waals surface area contributed by atoms with E-state index in [1.54, 1.807) is 13.0 Å². The lowest BCUT2D eigenvalue weighted by Crippen LogP contribution is -2.02. The van der Waals surface area contributed by atoms with E-state index in [-0.39, 0.29) is 5.82 Å². The summed E-state index contributed by atoms with van der Waals surface area (Å²) in [6.07, 6.45) is 0. The lowest BCUT2D eigenvalue weighted by Gasteiger charge is -2.09. The van der Waals surface area contributed by atoms with Gasteiger partial charge in [0.15, 0.2) is 0 Å². The molecule has 0 aliphatic rings. The van der Waals surface area contributed by atoms with Crippen molar-refractivity contribution in [1.82, 2.24) is 0 Å². The average molecular weight is 251 g/mol. The van der Waals surface area contributed by atoms with Gasteiger partial charge in [0.2, 0.25) is 0 Å². The topological polar surface area (TPSA) is 12.0 Å². The van der Waals surface area contributed by atoms with Gasteiger partial charge in [-0.2, -0.15) is 0 Å². The Balaban J connectivity index is 2.11. The molecule has 1 nitrogen and oxygen atoms in total. The van der Waals surface area contributed by atoms with Crippen LogP contribution in [0.25, 0.3) is 0 Å². The van der Waals surface area contributed by atoms with Gasteiger partial charge < -0.3 is 5.32 Å². The molecular formula is C14H12F3N. The predicted molar refractivity (Wildman–Crippen MR) is 64.8 cm³/mol. The van der Waals surface area contributed by atoms with Gasteiger partial charge in [0.1, 0.15) is 17.5 Å². The van der Waals surface area contributed by atoms with Gasteiger partial charge in [0.05, 0.1) is 0 Å².